The second-order valence-electron chi connectivity index (χ2n) is 8.75. The van der Waals surface area contributed by atoms with Crippen LogP contribution in [0, 0.1) is 6.92 Å². The largest absolute Gasteiger partial charge is 0.573 e. The lowest BCUT2D eigenvalue weighted by molar-refractivity contribution is -0.274. The number of pyridine rings is 1. The van der Waals surface area contributed by atoms with Crippen LogP contribution in [0.3, 0.4) is 0 Å². The van der Waals surface area contributed by atoms with Crippen LogP contribution in [0.2, 0.25) is 0 Å². The SMILES string of the molecule is Cc1cn2nc(-c3cnc4cc(C5CCNC6(CC6)C5)sc4c3)cc(OC(F)(F)F)c2n1. The Kier molecular flexibility index (Phi) is 4.29. The summed E-state index contributed by atoms with van der Waals surface area (Å²) in [5, 5.41) is 8.10. The molecule has 6 nitrogen and oxygen atoms in total. The fourth-order valence-electron chi connectivity index (χ4n) is 4.61. The highest BCUT2D eigenvalue weighted by Crippen LogP contribution is 2.48. The zero-order chi connectivity index (χ0) is 22.1. The first kappa shape index (κ1) is 19.9. The molecule has 1 N–H and O–H groups in total. The van der Waals surface area contributed by atoms with Crippen LogP contribution in [0.5, 0.6) is 5.75 Å². The molecule has 0 aromatic carbocycles. The van der Waals surface area contributed by atoms with Crippen molar-refractivity contribution in [2.45, 2.75) is 50.4 Å². The van der Waals surface area contributed by atoms with Gasteiger partial charge in [0.05, 0.1) is 27.8 Å². The van der Waals surface area contributed by atoms with Gasteiger partial charge in [0.2, 0.25) is 0 Å². The summed E-state index contributed by atoms with van der Waals surface area (Å²) < 4.78 is 45.4. The van der Waals surface area contributed by atoms with E-state index in [2.05, 4.69) is 31.2 Å². The number of aryl methyl sites for hydroxylation is 1. The van der Waals surface area contributed by atoms with Crippen molar-refractivity contribution >= 4 is 27.2 Å². The zero-order valence-corrected chi connectivity index (χ0v) is 18.1. The van der Waals surface area contributed by atoms with Crippen LogP contribution >= 0.6 is 11.3 Å². The molecule has 1 aliphatic heterocycles. The van der Waals surface area contributed by atoms with E-state index in [0.29, 0.717) is 28.4 Å². The predicted molar refractivity (Wildman–Crippen MR) is 115 cm³/mol. The van der Waals surface area contributed by atoms with Crippen LogP contribution in [-0.4, -0.2) is 38.0 Å². The maximum Gasteiger partial charge on any atom is 0.573 e. The molecule has 166 valence electrons. The number of fused-ring (bicyclic) bond motifs is 2. The lowest BCUT2D eigenvalue weighted by Gasteiger charge is -2.29. The number of nitrogens with zero attached hydrogens (tertiary/aromatic N) is 4. The first-order valence-electron chi connectivity index (χ1n) is 10.5. The molecule has 0 amide bonds. The third-order valence-corrected chi connectivity index (χ3v) is 7.54. The monoisotopic (exact) mass is 459 g/mol. The van der Waals surface area contributed by atoms with Crippen LogP contribution in [0.1, 0.15) is 42.2 Å². The van der Waals surface area contributed by atoms with Gasteiger partial charge in [0.1, 0.15) is 0 Å². The molecule has 1 unspecified atom stereocenters. The van der Waals surface area contributed by atoms with E-state index in [1.54, 1.807) is 30.7 Å². The molecule has 1 saturated heterocycles. The number of hydrogen-bond donors (Lipinski definition) is 1. The fraction of sp³-hybridized carbons (Fsp3) is 0.409. The molecule has 6 rings (SSSR count). The molecule has 0 bridgehead atoms. The number of imidazole rings is 1. The average molecular weight is 459 g/mol. The van der Waals surface area contributed by atoms with Crippen molar-refractivity contribution in [2.24, 2.45) is 0 Å². The van der Waals surface area contributed by atoms with Crippen molar-refractivity contribution in [3.8, 4) is 17.0 Å². The highest BCUT2D eigenvalue weighted by atomic mass is 32.1. The molecule has 0 radical (unpaired) electrons. The van der Waals surface area contributed by atoms with Gasteiger partial charge in [0.15, 0.2) is 11.4 Å². The third-order valence-electron chi connectivity index (χ3n) is 6.31. The Hall–Kier alpha value is -2.72. The summed E-state index contributed by atoms with van der Waals surface area (Å²) in [6.45, 7) is 2.73. The molecule has 2 aliphatic rings. The minimum absolute atomic E-state index is 0.0240. The topological polar surface area (TPSA) is 64.3 Å². The molecular formula is C22H20F3N5OS. The summed E-state index contributed by atoms with van der Waals surface area (Å²) in [6, 6.07) is 5.37. The van der Waals surface area contributed by atoms with Gasteiger partial charge < -0.3 is 10.1 Å². The second-order valence-corrected chi connectivity index (χ2v) is 9.86. The Bertz CT molecular complexity index is 1340. The summed E-state index contributed by atoms with van der Waals surface area (Å²) in [7, 11) is 0. The van der Waals surface area contributed by atoms with Crippen LogP contribution < -0.4 is 10.1 Å². The Morgan fingerprint density at radius 2 is 2.09 bits per heavy atom. The molecule has 1 atom stereocenters. The van der Waals surface area contributed by atoms with Crippen molar-refractivity contribution < 1.29 is 17.9 Å². The van der Waals surface area contributed by atoms with E-state index in [4.69, 9.17) is 0 Å². The number of aromatic nitrogens is 4. The molecule has 4 aromatic heterocycles. The van der Waals surface area contributed by atoms with Gasteiger partial charge in [0.25, 0.3) is 0 Å². The lowest BCUT2D eigenvalue weighted by Crippen LogP contribution is -2.39. The fourth-order valence-corrected chi connectivity index (χ4v) is 5.81. The minimum Gasteiger partial charge on any atom is -0.402 e. The second kappa shape index (κ2) is 6.89. The van der Waals surface area contributed by atoms with Gasteiger partial charge >= 0.3 is 6.36 Å². The number of thiophene rings is 1. The van der Waals surface area contributed by atoms with Gasteiger partial charge in [-0.3, -0.25) is 4.98 Å². The maximum atomic E-state index is 13.0. The quantitative estimate of drug-likeness (QED) is 0.456. The zero-order valence-electron chi connectivity index (χ0n) is 17.2. The van der Waals surface area contributed by atoms with Crippen molar-refractivity contribution in [2.75, 3.05) is 6.54 Å². The summed E-state index contributed by atoms with van der Waals surface area (Å²) in [6.07, 6.45) is 3.17. The van der Waals surface area contributed by atoms with E-state index in [9.17, 15) is 13.2 Å². The Morgan fingerprint density at radius 3 is 2.88 bits per heavy atom. The molecule has 1 aliphatic carbocycles. The van der Waals surface area contributed by atoms with Gasteiger partial charge in [-0.15, -0.1) is 24.5 Å². The molecule has 1 saturated carbocycles. The number of ether oxygens (including phenoxy) is 1. The molecular weight excluding hydrogens is 439 g/mol. The van der Waals surface area contributed by atoms with E-state index < -0.39 is 6.36 Å². The van der Waals surface area contributed by atoms with Crippen molar-refractivity contribution in [3.05, 3.63) is 41.2 Å². The van der Waals surface area contributed by atoms with Crippen LogP contribution in [-0.2, 0) is 0 Å². The Balaban J connectivity index is 1.38. The number of halogens is 3. The van der Waals surface area contributed by atoms with Crippen LogP contribution in [0.25, 0.3) is 27.1 Å². The summed E-state index contributed by atoms with van der Waals surface area (Å²) in [5.74, 6) is 0.142. The van der Waals surface area contributed by atoms with Gasteiger partial charge in [0, 0.05) is 28.2 Å². The van der Waals surface area contributed by atoms with E-state index in [0.717, 1.165) is 29.6 Å². The van der Waals surface area contributed by atoms with Crippen LogP contribution in [0.4, 0.5) is 13.2 Å². The van der Waals surface area contributed by atoms with Gasteiger partial charge in [-0.2, -0.15) is 5.10 Å². The summed E-state index contributed by atoms with van der Waals surface area (Å²) in [5.41, 5.74) is 2.80. The van der Waals surface area contributed by atoms with Gasteiger partial charge in [-0.05, 0) is 57.2 Å². The molecule has 5 heterocycles. The molecule has 10 heteroatoms. The van der Waals surface area contributed by atoms with Gasteiger partial charge in [-0.1, -0.05) is 0 Å². The van der Waals surface area contributed by atoms with Crippen molar-refractivity contribution in [1.82, 2.24) is 24.9 Å². The van der Waals surface area contributed by atoms with Crippen molar-refractivity contribution in [1.29, 1.82) is 0 Å². The first-order chi connectivity index (χ1) is 15.3. The smallest absolute Gasteiger partial charge is 0.402 e. The average Bonchev–Trinajstić information content (AvgIpc) is 3.17. The van der Waals surface area contributed by atoms with E-state index in [1.807, 2.05) is 6.07 Å². The predicted octanol–water partition coefficient (Wildman–Crippen LogP) is 5.21. The summed E-state index contributed by atoms with van der Waals surface area (Å²) in [4.78, 5) is 10.0. The molecule has 32 heavy (non-hydrogen) atoms. The van der Waals surface area contributed by atoms with Crippen LogP contribution in [0.15, 0.2) is 30.6 Å². The van der Waals surface area contributed by atoms with E-state index in [1.165, 1.54) is 28.3 Å². The van der Waals surface area contributed by atoms with Gasteiger partial charge in [-0.25, -0.2) is 9.50 Å². The molecule has 4 aromatic rings. The lowest BCUT2D eigenvalue weighted by atomic mass is 9.89. The molecule has 1 spiro atoms. The minimum atomic E-state index is -4.82. The number of nitrogens with one attached hydrogen (secondary N) is 1. The number of rotatable bonds is 3. The normalized spacial score (nSPS) is 20.3. The maximum absolute atomic E-state index is 13.0. The Morgan fingerprint density at radius 1 is 1.25 bits per heavy atom. The third kappa shape index (κ3) is 3.61. The van der Waals surface area contributed by atoms with Crippen molar-refractivity contribution in [3.63, 3.8) is 0 Å². The first-order valence-corrected chi connectivity index (χ1v) is 11.4. The standard InChI is InChI=1S/C22H20F3N5OS/c1-12-11-30-20(28-12)17(31-22(23,24)25)7-15(29-30)14-6-19-16(26-10-14)8-18(32-19)13-2-5-27-21(9-13)3-4-21/h6-8,10-11,13,27H,2-5,9H2,1H3. The van der Waals surface area contributed by atoms with E-state index in [-0.39, 0.29) is 11.4 Å². The highest BCUT2D eigenvalue weighted by molar-refractivity contribution is 7.19. The number of alkyl halides is 3. The summed E-state index contributed by atoms with van der Waals surface area (Å²) >= 11 is 1.71. The van der Waals surface area contributed by atoms with E-state index >= 15 is 0 Å². The Labute approximate surface area is 185 Å². The molecule has 2 fully saturated rings. The number of hydrogen-bond acceptors (Lipinski definition) is 6. The number of piperidine rings is 1. The highest BCUT2D eigenvalue weighted by Gasteiger charge is 2.46.